The van der Waals surface area contributed by atoms with Crippen LogP contribution in [0.25, 0.3) is 17.0 Å². The molecule has 3 heterocycles. The lowest BCUT2D eigenvalue weighted by molar-refractivity contribution is -0.0374. The number of rotatable bonds is 8. The van der Waals surface area contributed by atoms with Gasteiger partial charge in [0.1, 0.15) is 11.6 Å². The second-order valence-electron chi connectivity index (χ2n) is 10.9. The van der Waals surface area contributed by atoms with Crippen LogP contribution >= 0.6 is 0 Å². The minimum absolute atomic E-state index is 0.296. The van der Waals surface area contributed by atoms with Crippen molar-refractivity contribution in [1.29, 1.82) is 0 Å². The van der Waals surface area contributed by atoms with Crippen molar-refractivity contribution < 1.29 is 31.5 Å². The Morgan fingerprint density at radius 2 is 1.88 bits per heavy atom. The summed E-state index contributed by atoms with van der Waals surface area (Å²) < 4.78 is 77.6. The minimum atomic E-state index is -3.11. The van der Waals surface area contributed by atoms with E-state index in [2.05, 4.69) is 4.98 Å². The van der Waals surface area contributed by atoms with E-state index < -0.39 is 48.8 Å². The summed E-state index contributed by atoms with van der Waals surface area (Å²) in [6, 6.07) is 5.81. The lowest BCUT2D eigenvalue weighted by atomic mass is 9.87. The van der Waals surface area contributed by atoms with Gasteiger partial charge in [-0.3, -0.25) is 14.2 Å². The van der Waals surface area contributed by atoms with E-state index in [1.54, 1.807) is 31.2 Å². The van der Waals surface area contributed by atoms with Gasteiger partial charge in [0.25, 0.3) is 5.92 Å². The average Bonchev–Trinajstić information content (AvgIpc) is 3.22. The molecular weight excluding hydrogens is 529 g/mol. The third-order valence-electron chi connectivity index (χ3n) is 7.70. The van der Waals surface area contributed by atoms with Crippen LogP contribution in [0.1, 0.15) is 59.1 Å². The average molecular weight is 562 g/mol. The number of H-pyrrole nitrogens is 1. The number of ether oxygens (including phenoxy) is 1. The molecule has 5 rings (SSSR count). The first-order chi connectivity index (χ1) is 19.0. The number of carbonyl (C=O) groups excluding carboxylic acids is 1. The van der Waals surface area contributed by atoms with E-state index in [0.29, 0.717) is 54.8 Å². The third kappa shape index (κ3) is 5.51. The summed E-state index contributed by atoms with van der Waals surface area (Å²) >= 11 is 0. The first-order valence-corrected chi connectivity index (χ1v) is 13.3. The predicted molar refractivity (Wildman–Crippen MR) is 143 cm³/mol. The van der Waals surface area contributed by atoms with E-state index in [0.717, 1.165) is 23.4 Å². The van der Waals surface area contributed by atoms with Gasteiger partial charge in [0, 0.05) is 54.8 Å². The number of benzene rings is 2. The van der Waals surface area contributed by atoms with Crippen LogP contribution in [-0.4, -0.2) is 72.7 Å². The number of nitrogens with one attached hydrogen (secondary N) is 1. The molecule has 3 aromatic rings. The lowest BCUT2D eigenvalue weighted by Gasteiger charge is -2.42. The van der Waals surface area contributed by atoms with Crippen molar-refractivity contribution in [3.63, 3.8) is 0 Å². The second-order valence-corrected chi connectivity index (χ2v) is 10.9. The van der Waals surface area contributed by atoms with Crippen LogP contribution in [0.3, 0.4) is 0 Å². The van der Waals surface area contributed by atoms with E-state index in [1.807, 2.05) is 4.90 Å². The van der Waals surface area contributed by atoms with E-state index >= 15 is 8.78 Å². The largest absolute Gasteiger partial charge is 0.465 e. The van der Waals surface area contributed by atoms with Gasteiger partial charge in [-0.15, -0.1) is 0 Å². The first kappa shape index (κ1) is 28.3. The topological polar surface area (TPSA) is 48.6 Å². The summed E-state index contributed by atoms with van der Waals surface area (Å²) in [7, 11) is 1.27. The van der Waals surface area contributed by atoms with Crippen molar-refractivity contribution in [2.45, 2.75) is 44.7 Å². The quantitative estimate of drug-likeness (QED) is 0.260. The van der Waals surface area contributed by atoms with E-state index in [-0.39, 0.29) is 5.56 Å². The molecule has 214 valence electrons. The van der Waals surface area contributed by atoms with Crippen LogP contribution in [0.4, 0.5) is 22.0 Å². The molecule has 0 aliphatic carbocycles. The van der Waals surface area contributed by atoms with E-state index in [9.17, 15) is 18.0 Å². The Balaban J connectivity index is 1.57. The Morgan fingerprint density at radius 3 is 2.50 bits per heavy atom. The highest BCUT2D eigenvalue weighted by molar-refractivity contribution is 5.96. The van der Waals surface area contributed by atoms with Gasteiger partial charge in [-0.1, -0.05) is 12.1 Å². The van der Waals surface area contributed by atoms with Gasteiger partial charge in [-0.25, -0.2) is 22.4 Å². The summed E-state index contributed by atoms with van der Waals surface area (Å²) in [6.07, 6.45) is 2.54. The van der Waals surface area contributed by atoms with Crippen LogP contribution in [0, 0.1) is 11.6 Å². The molecular formula is C30H32F5N3O2. The Hall–Kier alpha value is -3.24. The molecule has 10 heteroatoms. The molecule has 0 bridgehead atoms. The van der Waals surface area contributed by atoms with Crippen LogP contribution in [0.5, 0.6) is 0 Å². The maximum atomic E-state index is 15.8. The van der Waals surface area contributed by atoms with Gasteiger partial charge in [0.05, 0.1) is 31.9 Å². The summed E-state index contributed by atoms with van der Waals surface area (Å²) in [6.45, 7) is 3.31. The van der Waals surface area contributed by atoms with Gasteiger partial charge in [-0.2, -0.15) is 0 Å². The summed E-state index contributed by atoms with van der Waals surface area (Å²) in [5.41, 5.74) is 3.05. The normalized spacial score (nSPS) is 19.9. The summed E-state index contributed by atoms with van der Waals surface area (Å²) in [4.78, 5) is 18.8. The van der Waals surface area contributed by atoms with Crippen LogP contribution in [0.2, 0.25) is 0 Å². The van der Waals surface area contributed by atoms with Gasteiger partial charge >= 0.3 is 5.97 Å². The molecule has 0 saturated carbocycles. The van der Waals surface area contributed by atoms with Crippen molar-refractivity contribution in [2.75, 3.05) is 40.0 Å². The molecule has 2 aliphatic rings. The molecule has 0 unspecified atom stereocenters. The Bertz CT molecular complexity index is 1430. The van der Waals surface area contributed by atoms with Crippen molar-refractivity contribution in [2.24, 2.45) is 0 Å². The Morgan fingerprint density at radius 1 is 1.18 bits per heavy atom. The molecule has 0 radical (unpaired) electrons. The number of alkyl halides is 3. The van der Waals surface area contributed by atoms with Gasteiger partial charge in [0.2, 0.25) is 0 Å². The van der Waals surface area contributed by atoms with Crippen LogP contribution in [0.15, 0.2) is 35.9 Å². The zero-order chi connectivity index (χ0) is 28.8. The highest BCUT2D eigenvalue weighted by atomic mass is 19.3. The number of methoxy groups -OCH3 is 1. The molecule has 2 aliphatic heterocycles. The number of fused-ring (bicyclic) bond motifs is 3. The van der Waals surface area contributed by atoms with E-state index in [4.69, 9.17) is 4.74 Å². The standard InChI is InChI=1S/C30H32F5N3O2/c1-17-9-22-21-6-5-20(29(39)40-3)13-25(21)36-27(22)28(38(17)16-30(2,34)35)26-23(32)11-18(12-24(26)33)10-19-14-37(15-19)8-4-7-31/h5-6,10-13,17,28,36H,4,7-9,14-16H2,1-3H3/t17-,28-/m1/s1. The molecule has 1 N–H and O–H groups in total. The van der Waals surface area contributed by atoms with Crippen molar-refractivity contribution in [3.8, 4) is 0 Å². The SMILES string of the molecule is COC(=O)c1ccc2c3c([nH]c2c1)[C@@H](c1c(F)cc(C=C2CN(CCCF)C2)cc1F)N(CC(C)(F)F)[C@H](C)C3. The number of esters is 1. The minimum Gasteiger partial charge on any atom is -0.465 e. The van der Waals surface area contributed by atoms with Crippen LogP contribution < -0.4 is 0 Å². The number of nitrogens with zero attached hydrogens (tertiary/aromatic N) is 2. The molecule has 0 amide bonds. The molecule has 40 heavy (non-hydrogen) atoms. The Labute approximate surface area is 229 Å². The fourth-order valence-electron chi connectivity index (χ4n) is 5.93. The van der Waals surface area contributed by atoms with Crippen LogP contribution in [-0.2, 0) is 11.2 Å². The van der Waals surface area contributed by atoms with Gasteiger partial charge in [-0.05, 0) is 60.7 Å². The lowest BCUT2D eigenvalue weighted by Crippen LogP contribution is -2.47. The monoisotopic (exact) mass is 561 g/mol. The van der Waals surface area contributed by atoms with Crippen molar-refractivity contribution >= 4 is 22.9 Å². The molecule has 1 aromatic heterocycles. The zero-order valence-corrected chi connectivity index (χ0v) is 22.7. The molecule has 1 fully saturated rings. The third-order valence-corrected chi connectivity index (χ3v) is 7.70. The number of hydrogen-bond donors (Lipinski definition) is 1. The maximum Gasteiger partial charge on any atom is 0.337 e. The predicted octanol–water partition coefficient (Wildman–Crippen LogP) is 6.28. The fraction of sp³-hybridized carbons (Fsp3) is 0.433. The van der Waals surface area contributed by atoms with Crippen molar-refractivity contribution in [1.82, 2.24) is 14.8 Å². The van der Waals surface area contributed by atoms with Crippen molar-refractivity contribution in [3.05, 3.63) is 75.5 Å². The number of aromatic nitrogens is 1. The second kappa shape index (κ2) is 11.0. The highest BCUT2D eigenvalue weighted by Gasteiger charge is 2.42. The number of hydrogen-bond acceptors (Lipinski definition) is 4. The Kier molecular flexibility index (Phi) is 7.76. The summed E-state index contributed by atoms with van der Waals surface area (Å²) in [5.74, 6) is -5.30. The highest BCUT2D eigenvalue weighted by Crippen LogP contribution is 2.43. The maximum absolute atomic E-state index is 15.8. The molecule has 2 atom stereocenters. The molecule has 5 nitrogen and oxygen atoms in total. The number of halogens is 5. The molecule has 0 spiro atoms. The van der Waals surface area contributed by atoms with Gasteiger partial charge in [0.15, 0.2) is 0 Å². The first-order valence-electron chi connectivity index (χ1n) is 13.3. The van der Waals surface area contributed by atoms with E-state index in [1.165, 1.54) is 24.1 Å². The number of carbonyl (C=O) groups is 1. The zero-order valence-electron chi connectivity index (χ0n) is 22.7. The smallest absolute Gasteiger partial charge is 0.337 e. The summed E-state index contributed by atoms with van der Waals surface area (Å²) in [5, 5.41) is 0.756. The molecule has 1 saturated heterocycles. The number of likely N-dealkylation sites (tertiary alicyclic amines) is 1. The van der Waals surface area contributed by atoms with Gasteiger partial charge < -0.3 is 9.72 Å². The fourth-order valence-corrected chi connectivity index (χ4v) is 5.93. The molecule has 2 aromatic carbocycles. The number of aromatic amines is 1.